The van der Waals surface area contributed by atoms with Crippen molar-refractivity contribution >= 4 is 58.4 Å². The van der Waals surface area contributed by atoms with E-state index in [0.29, 0.717) is 15.6 Å². The number of halogens is 3. The van der Waals surface area contributed by atoms with Gasteiger partial charge in [0.2, 0.25) is 0 Å². The summed E-state index contributed by atoms with van der Waals surface area (Å²) < 4.78 is 0. The van der Waals surface area contributed by atoms with E-state index >= 15 is 0 Å². The summed E-state index contributed by atoms with van der Waals surface area (Å²) in [7, 11) is 0. The van der Waals surface area contributed by atoms with E-state index in [0.717, 1.165) is 0 Å². The Morgan fingerprint density at radius 2 is 1.74 bits per heavy atom. The molecule has 7 heteroatoms. The van der Waals surface area contributed by atoms with Crippen molar-refractivity contribution in [2.24, 2.45) is 0 Å². The lowest BCUT2D eigenvalue weighted by Gasteiger charge is -2.07. The van der Waals surface area contributed by atoms with Crippen molar-refractivity contribution in [2.75, 3.05) is 5.32 Å². The van der Waals surface area contributed by atoms with Crippen LogP contribution < -0.4 is 5.32 Å². The minimum absolute atomic E-state index is 0.0279. The molecule has 0 saturated carbocycles. The van der Waals surface area contributed by atoms with E-state index in [2.05, 4.69) is 5.32 Å². The Labute approximate surface area is 147 Å². The second-order valence-electron chi connectivity index (χ2n) is 4.47. The van der Waals surface area contributed by atoms with Crippen LogP contribution in [-0.4, -0.2) is 17.0 Å². The van der Waals surface area contributed by atoms with E-state index in [1.807, 2.05) is 0 Å². The molecule has 0 spiro atoms. The summed E-state index contributed by atoms with van der Waals surface area (Å²) >= 11 is 17.7. The van der Waals surface area contributed by atoms with Crippen LogP contribution in [0.15, 0.2) is 47.5 Å². The van der Waals surface area contributed by atoms with Crippen molar-refractivity contribution in [1.82, 2.24) is 0 Å². The van der Waals surface area contributed by atoms with Crippen LogP contribution in [0, 0.1) is 0 Å². The molecule has 0 aliphatic heterocycles. The van der Waals surface area contributed by atoms with Crippen molar-refractivity contribution in [3.8, 4) is 0 Å². The van der Waals surface area contributed by atoms with Crippen LogP contribution in [0.3, 0.4) is 0 Å². The summed E-state index contributed by atoms with van der Waals surface area (Å²) in [5.41, 5.74) is 0.719. The van der Waals surface area contributed by atoms with Gasteiger partial charge in [-0.15, -0.1) is 0 Å². The second-order valence-corrected chi connectivity index (χ2v) is 5.69. The highest BCUT2D eigenvalue weighted by molar-refractivity contribution is 6.46. The highest BCUT2D eigenvalue weighted by Crippen LogP contribution is 2.24. The first-order chi connectivity index (χ1) is 10.9. The van der Waals surface area contributed by atoms with E-state index in [1.54, 1.807) is 30.3 Å². The summed E-state index contributed by atoms with van der Waals surface area (Å²) in [5.74, 6) is -1.78. The van der Waals surface area contributed by atoms with Crippen LogP contribution in [0.5, 0.6) is 0 Å². The van der Waals surface area contributed by atoms with Gasteiger partial charge in [-0.1, -0.05) is 53.0 Å². The average Bonchev–Trinajstić information content (AvgIpc) is 2.51. The lowest BCUT2D eigenvalue weighted by atomic mass is 10.1. The Balaban J connectivity index is 2.22. The zero-order valence-electron chi connectivity index (χ0n) is 11.5. The Hall–Kier alpha value is -2.01. The maximum absolute atomic E-state index is 12.1. The summed E-state index contributed by atoms with van der Waals surface area (Å²) in [6.07, 6.45) is 1.41. The number of carboxylic acid groups (broad SMARTS) is 1. The molecule has 2 rings (SSSR count). The number of nitrogens with one attached hydrogen (secondary N) is 1. The number of anilines is 1. The molecule has 0 bridgehead atoms. The highest BCUT2D eigenvalue weighted by Gasteiger charge is 2.13. The van der Waals surface area contributed by atoms with Crippen molar-refractivity contribution < 1.29 is 14.7 Å². The molecule has 0 radical (unpaired) electrons. The Kier molecular flexibility index (Phi) is 5.66. The van der Waals surface area contributed by atoms with Crippen LogP contribution in [0.1, 0.15) is 15.9 Å². The molecule has 2 N–H and O–H groups in total. The molecule has 0 heterocycles. The first-order valence-corrected chi connectivity index (χ1v) is 7.48. The van der Waals surface area contributed by atoms with Gasteiger partial charge in [-0.05, 0) is 35.9 Å². The number of carboxylic acids is 1. The normalized spacial score (nSPS) is 11.2. The smallest absolute Gasteiger partial charge is 0.337 e. The molecule has 0 aromatic heterocycles. The fraction of sp³-hybridized carbons (Fsp3) is 0. The van der Waals surface area contributed by atoms with Gasteiger partial charge in [0.1, 0.15) is 5.03 Å². The molecule has 23 heavy (non-hydrogen) atoms. The largest absolute Gasteiger partial charge is 0.478 e. The molecule has 2 aromatic rings. The first kappa shape index (κ1) is 17.3. The first-order valence-electron chi connectivity index (χ1n) is 6.34. The molecule has 0 aliphatic rings. The Bertz CT molecular complexity index is 803. The monoisotopic (exact) mass is 369 g/mol. The van der Waals surface area contributed by atoms with Crippen molar-refractivity contribution in [3.63, 3.8) is 0 Å². The zero-order chi connectivity index (χ0) is 17.0. The van der Waals surface area contributed by atoms with Gasteiger partial charge in [0.15, 0.2) is 0 Å². The van der Waals surface area contributed by atoms with Crippen LogP contribution in [0.4, 0.5) is 5.69 Å². The summed E-state index contributed by atoms with van der Waals surface area (Å²) in [6.45, 7) is 0. The van der Waals surface area contributed by atoms with Gasteiger partial charge >= 0.3 is 5.97 Å². The average molecular weight is 371 g/mol. The van der Waals surface area contributed by atoms with Gasteiger partial charge in [0.25, 0.3) is 5.91 Å². The summed E-state index contributed by atoms with van der Waals surface area (Å²) in [6, 6.07) is 10.8. The van der Waals surface area contributed by atoms with Crippen LogP contribution in [-0.2, 0) is 4.79 Å². The third-order valence-corrected chi connectivity index (χ3v) is 3.88. The fourth-order valence-electron chi connectivity index (χ4n) is 1.77. The lowest BCUT2D eigenvalue weighted by Crippen LogP contribution is -2.14. The molecule has 1 amide bonds. The topological polar surface area (TPSA) is 66.4 Å². The highest BCUT2D eigenvalue weighted by atomic mass is 35.5. The Morgan fingerprint density at radius 3 is 2.39 bits per heavy atom. The van der Waals surface area contributed by atoms with Crippen molar-refractivity contribution in [1.29, 1.82) is 0 Å². The van der Waals surface area contributed by atoms with Crippen molar-refractivity contribution in [2.45, 2.75) is 0 Å². The molecule has 0 atom stereocenters. The second kappa shape index (κ2) is 7.51. The number of carbonyl (C=O) groups excluding carboxylic acids is 1. The van der Waals surface area contributed by atoms with Crippen LogP contribution in [0.2, 0.25) is 10.0 Å². The van der Waals surface area contributed by atoms with Crippen molar-refractivity contribution in [3.05, 3.63) is 68.7 Å². The molecular weight excluding hydrogens is 361 g/mol. The number of aromatic carboxylic acids is 1. The van der Waals surface area contributed by atoms with Gasteiger partial charge in [-0.25, -0.2) is 4.79 Å². The zero-order valence-corrected chi connectivity index (χ0v) is 13.8. The maximum Gasteiger partial charge on any atom is 0.337 e. The fourth-order valence-corrected chi connectivity index (χ4v) is 2.25. The van der Waals surface area contributed by atoms with Crippen LogP contribution >= 0.6 is 34.8 Å². The number of carbonyl (C=O) groups is 2. The van der Waals surface area contributed by atoms with E-state index in [9.17, 15) is 9.59 Å². The molecular formula is C16H10Cl3NO3. The van der Waals surface area contributed by atoms with Gasteiger partial charge in [-0.2, -0.15) is 0 Å². The Morgan fingerprint density at radius 1 is 1.04 bits per heavy atom. The van der Waals surface area contributed by atoms with Crippen LogP contribution in [0.25, 0.3) is 6.08 Å². The van der Waals surface area contributed by atoms with E-state index < -0.39 is 11.9 Å². The summed E-state index contributed by atoms with van der Waals surface area (Å²) in [4.78, 5) is 23.2. The minimum atomic E-state index is -1.15. The number of benzene rings is 2. The number of hydrogen-bond donors (Lipinski definition) is 2. The predicted molar refractivity (Wildman–Crippen MR) is 92.3 cm³/mol. The quantitative estimate of drug-likeness (QED) is 0.751. The standard InChI is InChI=1S/C16H10Cl3NO3/c17-11-6-5-9(7-12(11)18)8-13(19)15(21)20-14-4-2-1-3-10(14)16(22)23/h1-8H,(H,20,21)(H,22,23)/b13-8-. The summed E-state index contributed by atoms with van der Waals surface area (Å²) in [5, 5.41) is 12.1. The van der Waals surface area contributed by atoms with E-state index in [-0.39, 0.29) is 16.3 Å². The maximum atomic E-state index is 12.1. The molecule has 0 saturated heterocycles. The third-order valence-electron chi connectivity index (χ3n) is 2.86. The molecule has 118 valence electrons. The molecule has 0 aliphatic carbocycles. The van der Waals surface area contributed by atoms with Gasteiger partial charge in [-0.3, -0.25) is 4.79 Å². The SMILES string of the molecule is O=C(Nc1ccccc1C(=O)O)/C(Cl)=C/c1ccc(Cl)c(Cl)c1. The number of rotatable bonds is 4. The van der Waals surface area contributed by atoms with Gasteiger partial charge in [0.05, 0.1) is 21.3 Å². The minimum Gasteiger partial charge on any atom is -0.478 e. The molecule has 0 fully saturated rings. The number of amides is 1. The van der Waals surface area contributed by atoms with E-state index in [4.69, 9.17) is 39.9 Å². The molecule has 0 unspecified atom stereocenters. The van der Waals surface area contributed by atoms with E-state index in [1.165, 1.54) is 18.2 Å². The lowest BCUT2D eigenvalue weighted by molar-refractivity contribution is -0.112. The molecule has 2 aromatic carbocycles. The van der Waals surface area contributed by atoms with Gasteiger partial charge in [0, 0.05) is 0 Å². The third kappa shape index (κ3) is 4.48. The molecule has 4 nitrogen and oxygen atoms in total. The predicted octanol–water partition coefficient (Wildman–Crippen LogP) is 4.91. The van der Waals surface area contributed by atoms with Gasteiger partial charge < -0.3 is 10.4 Å². The number of para-hydroxylation sites is 1. The number of hydrogen-bond acceptors (Lipinski definition) is 2.